The molecule has 0 atom stereocenters. The van der Waals surface area contributed by atoms with Crippen molar-refractivity contribution in [2.24, 2.45) is 0 Å². The lowest BCUT2D eigenvalue weighted by Gasteiger charge is -2.30. The van der Waals surface area contributed by atoms with E-state index in [9.17, 15) is 4.79 Å². The molecule has 0 spiro atoms. The van der Waals surface area contributed by atoms with Crippen molar-refractivity contribution in [1.82, 2.24) is 14.5 Å². The maximum absolute atomic E-state index is 12.6. The van der Waals surface area contributed by atoms with E-state index >= 15 is 0 Å². The average Bonchev–Trinajstić information content (AvgIpc) is 3.23. The van der Waals surface area contributed by atoms with Crippen LogP contribution in [0.1, 0.15) is 36.0 Å². The number of nitrogens with zero attached hydrogens (tertiary/aromatic N) is 3. The summed E-state index contributed by atoms with van der Waals surface area (Å²) in [6.45, 7) is 2.93. The first kappa shape index (κ1) is 17.8. The van der Waals surface area contributed by atoms with Crippen molar-refractivity contribution >= 4 is 22.6 Å². The molecule has 7 heteroatoms. The van der Waals surface area contributed by atoms with E-state index in [0.717, 1.165) is 67.3 Å². The molecular formula is C21H22ClN3O3. The van der Waals surface area contributed by atoms with Crippen LogP contribution in [0.5, 0.6) is 5.75 Å². The Morgan fingerprint density at radius 1 is 1.14 bits per heavy atom. The molecule has 6 nitrogen and oxygen atoms in total. The number of imidazole rings is 1. The van der Waals surface area contributed by atoms with Crippen molar-refractivity contribution in [3.63, 3.8) is 0 Å². The van der Waals surface area contributed by atoms with Gasteiger partial charge in [-0.1, -0.05) is 11.6 Å². The van der Waals surface area contributed by atoms with Crippen LogP contribution < -0.4 is 10.4 Å². The summed E-state index contributed by atoms with van der Waals surface area (Å²) in [6, 6.07) is 1.91. The molecule has 1 aliphatic carbocycles. The average molecular weight is 400 g/mol. The molecule has 0 radical (unpaired) electrons. The molecule has 0 saturated heterocycles. The molecule has 3 aromatic rings. The minimum atomic E-state index is -0.205. The summed E-state index contributed by atoms with van der Waals surface area (Å²) in [4.78, 5) is 18.9. The van der Waals surface area contributed by atoms with Crippen LogP contribution in [0.4, 0.5) is 0 Å². The fourth-order valence-corrected chi connectivity index (χ4v) is 4.63. The zero-order valence-corrected chi connectivity index (χ0v) is 16.4. The number of ether oxygens (including phenoxy) is 1. The minimum absolute atomic E-state index is 0.205. The second-order valence-corrected chi connectivity index (χ2v) is 7.98. The SMILES string of the molecule is O=c1oc2c3c(c(Cl)cc2c2c1CCCC2)OCN(CCCn1ccnc1)C3. The Hall–Kier alpha value is -2.31. The standard InChI is InChI=1S/C21H22ClN3O3/c22-18-10-16-14-4-1-2-5-15(14)21(26)28-19(16)17-11-25(13-27-20(17)18)8-3-7-24-9-6-23-12-24/h6,9-10,12H,1-5,7-8,11,13H2. The highest BCUT2D eigenvalue weighted by Gasteiger charge is 2.27. The lowest BCUT2D eigenvalue weighted by molar-refractivity contribution is 0.0934. The highest BCUT2D eigenvalue weighted by Crippen LogP contribution is 2.40. The molecule has 28 heavy (non-hydrogen) atoms. The molecule has 3 heterocycles. The van der Waals surface area contributed by atoms with Gasteiger partial charge >= 0.3 is 5.63 Å². The quantitative estimate of drug-likeness (QED) is 0.625. The van der Waals surface area contributed by atoms with Crippen LogP contribution in [0.15, 0.2) is 34.0 Å². The first-order chi connectivity index (χ1) is 13.7. The number of aryl methyl sites for hydroxylation is 2. The van der Waals surface area contributed by atoms with Gasteiger partial charge in [-0.2, -0.15) is 0 Å². The van der Waals surface area contributed by atoms with Crippen LogP contribution in [-0.2, 0) is 25.9 Å². The van der Waals surface area contributed by atoms with Crippen molar-refractivity contribution in [3.8, 4) is 5.75 Å². The van der Waals surface area contributed by atoms with Crippen molar-refractivity contribution in [3.05, 3.63) is 56.9 Å². The molecule has 0 amide bonds. The van der Waals surface area contributed by atoms with Gasteiger partial charge < -0.3 is 13.7 Å². The van der Waals surface area contributed by atoms with Gasteiger partial charge in [0.2, 0.25) is 0 Å². The van der Waals surface area contributed by atoms with Crippen molar-refractivity contribution in [2.75, 3.05) is 13.3 Å². The zero-order chi connectivity index (χ0) is 19.1. The number of fused-ring (bicyclic) bond motifs is 5. The van der Waals surface area contributed by atoms with E-state index in [1.54, 1.807) is 6.20 Å². The zero-order valence-electron chi connectivity index (χ0n) is 15.6. The Morgan fingerprint density at radius 2 is 2.00 bits per heavy atom. The Kier molecular flexibility index (Phi) is 4.61. The molecule has 2 aliphatic rings. The van der Waals surface area contributed by atoms with Crippen LogP contribution in [0.3, 0.4) is 0 Å². The largest absolute Gasteiger partial charge is 0.476 e. The summed E-state index contributed by atoms with van der Waals surface area (Å²) in [5, 5.41) is 1.57. The first-order valence-electron chi connectivity index (χ1n) is 9.81. The van der Waals surface area contributed by atoms with E-state index in [2.05, 4.69) is 14.5 Å². The monoisotopic (exact) mass is 399 g/mol. The lowest BCUT2D eigenvalue weighted by Crippen LogP contribution is -2.33. The fourth-order valence-electron chi connectivity index (χ4n) is 4.35. The van der Waals surface area contributed by atoms with E-state index < -0.39 is 0 Å². The molecule has 0 N–H and O–H groups in total. The molecule has 0 fully saturated rings. The summed E-state index contributed by atoms with van der Waals surface area (Å²) in [6.07, 6.45) is 10.4. The van der Waals surface area contributed by atoms with Crippen molar-refractivity contribution in [2.45, 2.75) is 45.2 Å². The van der Waals surface area contributed by atoms with E-state index in [1.165, 1.54) is 0 Å². The predicted octanol–water partition coefficient (Wildman–Crippen LogP) is 3.76. The Bertz CT molecular complexity index is 1070. The highest BCUT2D eigenvalue weighted by atomic mass is 35.5. The summed E-state index contributed by atoms with van der Waals surface area (Å²) in [5.74, 6) is 0.652. The normalized spacial score (nSPS) is 16.6. The summed E-state index contributed by atoms with van der Waals surface area (Å²) in [7, 11) is 0. The first-order valence-corrected chi connectivity index (χ1v) is 10.2. The summed E-state index contributed by atoms with van der Waals surface area (Å²) < 4.78 is 13.8. The number of hydrogen-bond donors (Lipinski definition) is 0. The van der Waals surface area contributed by atoms with Gasteiger partial charge in [0.25, 0.3) is 0 Å². The lowest BCUT2D eigenvalue weighted by atomic mass is 9.90. The molecule has 1 aromatic carbocycles. The third-order valence-corrected chi connectivity index (χ3v) is 6.02. The van der Waals surface area contributed by atoms with Gasteiger partial charge in [-0.15, -0.1) is 0 Å². The maximum Gasteiger partial charge on any atom is 0.339 e. The number of halogens is 1. The number of aromatic nitrogens is 2. The molecule has 146 valence electrons. The fraction of sp³-hybridized carbons (Fsp3) is 0.429. The Balaban J connectivity index is 1.47. The van der Waals surface area contributed by atoms with Crippen LogP contribution >= 0.6 is 11.6 Å². The van der Waals surface area contributed by atoms with Crippen LogP contribution in [0.2, 0.25) is 5.02 Å². The van der Waals surface area contributed by atoms with Crippen molar-refractivity contribution in [1.29, 1.82) is 0 Å². The molecule has 5 rings (SSSR count). The Labute approximate surface area is 167 Å². The second kappa shape index (κ2) is 7.26. The maximum atomic E-state index is 12.6. The molecule has 0 unspecified atom stereocenters. The highest BCUT2D eigenvalue weighted by molar-refractivity contribution is 6.33. The van der Waals surface area contributed by atoms with Gasteiger partial charge in [-0.05, 0) is 43.7 Å². The number of benzene rings is 1. The van der Waals surface area contributed by atoms with E-state index in [0.29, 0.717) is 29.6 Å². The van der Waals surface area contributed by atoms with Gasteiger partial charge in [-0.3, -0.25) is 4.90 Å². The molecular weight excluding hydrogens is 378 g/mol. The van der Waals surface area contributed by atoms with Gasteiger partial charge in [0.15, 0.2) is 0 Å². The smallest absolute Gasteiger partial charge is 0.339 e. The van der Waals surface area contributed by atoms with Crippen molar-refractivity contribution < 1.29 is 9.15 Å². The van der Waals surface area contributed by atoms with Crippen LogP contribution in [-0.4, -0.2) is 27.7 Å². The van der Waals surface area contributed by atoms with E-state index in [-0.39, 0.29) is 5.63 Å². The molecule has 0 bridgehead atoms. The van der Waals surface area contributed by atoms with Gasteiger partial charge in [-0.25, -0.2) is 9.78 Å². The van der Waals surface area contributed by atoms with Gasteiger partial charge in [0.1, 0.15) is 18.1 Å². The second-order valence-electron chi connectivity index (χ2n) is 7.58. The molecule has 0 saturated carbocycles. The van der Waals surface area contributed by atoms with Gasteiger partial charge in [0.05, 0.1) is 16.9 Å². The topological polar surface area (TPSA) is 60.5 Å². The predicted molar refractivity (Wildman–Crippen MR) is 107 cm³/mol. The van der Waals surface area contributed by atoms with Gasteiger partial charge in [0, 0.05) is 43.0 Å². The van der Waals surface area contributed by atoms with E-state index in [1.807, 2.05) is 18.6 Å². The number of rotatable bonds is 4. The minimum Gasteiger partial charge on any atom is -0.476 e. The number of hydrogen-bond acceptors (Lipinski definition) is 5. The van der Waals surface area contributed by atoms with Crippen LogP contribution in [0.25, 0.3) is 11.0 Å². The van der Waals surface area contributed by atoms with Crippen LogP contribution in [0, 0.1) is 0 Å². The third-order valence-electron chi connectivity index (χ3n) is 5.74. The summed E-state index contributed by atoms with van der Waals surface area (Å²) >= 11 is 6.55. The van der Waals surface area contributed by atoms with E-state index in [4.69, 9.17) is 20.8 Å². The summed E-state index contributed by atoms with van der Waals surface area (Å²) in [5.41, 5.74) is 3.26. The Morgan fingerprint density at radius 3 is 2.82 bits per heavy atom. The third kappa shape index (κ3) is 3.10. The molecule has 2 aromatic heterocycles. The molecule has 1 aliphatic heterocycles.